The fraction of sp³-hybridized carbons (Fsp3) is 0.571. The van der Waals surface area contributed by atoms with Gasteiger partial charge in [-0.3, -0.25) is 0 Å². The molecule has 0 unspecified atom stereocenters. The Hall–Kier alpha value is -0.860. The highest BCUT2D eigenvalue weighted by atomic mass is 15.2. The largest absolute Gasteiger partial charge is 0.315 e. The average Bonchev–Trinajstić information content (AvgIpc) is 2.72. The van der Waals surface area contributed by atoms with E-state index in [0.29, 0.717) is 5.41 Å². The van der Waals surface area contributed by atoms with Gasteiger partial charge in [0.2, 0.25) is 0 Å². The number of likely N-dealkylation sites (tertiary alicyclic amines) is 1. The van der Waals surface area contributed by atoms with E-state index >= 15 is 0 Å². The fourth-order valence-electron chi connectivity index (χ4n) is 2.92. The Labute approximate surface area is 97.6 Å². The summed E-state index contributed by atoms with van der Waals surface area (Å²) in [6.45, 7) is 6.33. The van der Waals surface area contributed by atoms with E-state index in [2.05, 4.69) is 40.5 Å². The Morgan fingerprint density at radius 2 is 2.00 bits per heavy atom. The first-order valence-electron chi connectivity index (χ1n) is 6.33. The predicted octanol–water partition coefficient (Wildman–Crippen LogP) is 1.52. The van der Waals surface area contributed by atoms with Crippen LogP contribution in [0.15, 0.2) is 30.3 Å². The van der Waals surface area contributed by atoms with Gasteiger partial charge in [-0.05, 0) is 24.9 Å². The molecule has 2 aliphatic heterocycles. The second-order valence-corrected chi connectivity index (χ2v) is 5.37. The van der Waals surface area contributed by atoms with Gasteiger partial charge in [0, 0.05) is 31.6 Å². The van der Waals surface area contributed by atoms with Gasteiger partial charge < -0.3 is 10.2 Å². The highest BCUT2D eigenvalue weighted by Gasteiger charge is 2.42. The first-order valence-corrected chi connectivity index (χ1v) is 6.33. The minimum Gasteiger partial charge on any atom is -0.315 e. The molecule has 0 atom stereocenters. The topological polar surface area (TPSA) is 15.3 Å². The Kier molecular flexibility index (Phi) is 2.70. The lowest BCUT2D eigenvalue weighted by molar-refractivity contribution is 0.170. The Balaban J connectivity index is 1.50. The number of hydrogen-bond donors (Lipinski definition) is 1. The molecule has 1 aromatic rings. The van der Waals surface area contributed by atoms with Crippen LogP contribution in [0.5, 0.6) is 0 Å². The standard InChI is InChI=1S/C14H20N2/c1-2-4-13(5-3-1)6-8-16-9-7-14(12-16)10-15-11-14/h1-5,15H,6-12H2. The molecule has 2 saturated heterocycles. The third kappa shape index (κ3) is 2.00. The second-order valence-electron chi connectivity index (χ2n) is 5.37. The van der Waals surface area contributed by atoms with Crippen LogP contribution in [0.3, 0.4) is 0 Å². The van der Waals surface area contributed by atoms with Crippen molar-refractivity contribution in [3.8, 4) is 0 Å². The van der Waals surface area contributed by atoms with Crippen LogP contribution in [0.1, 0.15) is 12.0 Å². The molecule has 16 heavy (non-hydrogen) atoms. The molecular weight excluding hydrogens is 196 g/mol. The van der Waals surface area contributed by atoms with Crippen LogP contribution in [-0.2, 0) is 6.42 Å². The minimum absolute atomic E-state index is 0.649. The molecule has 1 spiro atoms. The lowest BCUT2D eigenvalue weighted by atomic mass is 9.81. The Morgan fingerprint density at radius 3 is 2.62 bits per heavy atom. The smallest absolute Gasteiger partial charge is 0.00918 e. The number of nitrogens with one attached hydrogen (secondary N) is 1. The van der Waals surface area contributed by atoms with Crippen molar-refractivity contribution >= 4 is 0 Å². The average molecular weight is 216 g/mol. The van der Waals surface area contributed by atoms with Gasteiger partial charge in [0.05, 0.1) is 0 Å². The molecular formula is C14H20N2. The summed E-state index contributed by atoms with van der Waals surface area (Å²) in [6, 6.07) is 10.8. The van der Waals surface area contributed by atoms with E-state index in [4.69, 9.17) is 0 Å². The van der Waals surface area contributed by atoms with E-state index in [1.807, 2.05) is 0 Å². The third-order valence-electron chi connectivity index (χ3n) is 4.08. The van der Waals surface area contributed by atoms with E-state index < -0.39 is 0 Å². The zero-order valence-electron chi connectivity index (χ0n) is 9.78. The lowest BCUT2D eigenvalue weighted by Gasteiger charge is -2.39. The summed E-state index contributed by atoms with van der Waals surface area (Å²) in [4.78, 5) is 2.63. The molecule has 0 saturated carbocycles. The first kappa shape index (κ1) is 10.3. The van der Waals surface area contributed by atoms with Crippen molar-refractivity contribution < 1.29 is 0 Å². The van der Waals surface area contributed by atoms with Crippen molar-refractivity contribution in [3.05, 3.63) is 35.9 Å². The van der Waals surface area contributed by atoms with Crippen molar-refractivity contribution in [2.75, 3.05) is 32.7 Å². The van der Waals surface area contributed by atoms with Gasteiger partial charge in [0.1, 0.15) is 0 Å². The van der Waals surface area contributed by atoms with Gasteiger partial charge in [-0.15, -0.1) is 0 Å². The maximum absolute atomic E-state index is 3.41. The highest BCUT2D eigenvalue weighted by molar-refractivity contribution is 5.15. The maximum Gasteiger partial charge on any atom is 0.00918 e. The molecule has 1 N–H and O–H groups in total. The van der Waals surface area contributed by atoms with E-state index in [1.165, 1.54) is 51.1 Å². The summed E-state index contributed by atoms with van der Waals surface area (Å²) in [5, 5.41) is 3.41. The minimum atomic E-state index is 0.649. The zero-order chi connectivity index (χ0) is 10.8. The monoisotopic (exact) mass is 216 g/mol. The number of nitrogens with zero attached hydrogens (tertiary/aromatic N) is 1. The van der Waals surface area contributed by atoms with Crippen LogP contribution in [0.4, 0.5) is 0 Å². The van der Waals surface area contributed by atoms with Gasteiger partial charge in [-0.25, -0.2) is 0 Å². The molecule has 1 aromatic carbocycles. The Bertz CT molecular complexity index is 343. The van der Waals surface area contributed by atoms with Crippen LogP contribution < -0.4 is 5.32 Å². The van der Waals surface area contributed by atoms with Crippen molar-refractivity contribution in [1.29, 1.82) is 0 Å². The zero-order valence-corrected chi connectivity index (χ0v) is 9.78. The summed E-state index contributed by atoms with van der Waals surface area (Å²) in [5.41, 5.74) is 2.12. The van der Waals surface area contributed by atoms with Gasteiger partial charge >= 0.3 is 0 Å². The van der Waals surface area contributed by atoms with Crippen molar-refractivity contribution in [2.45, 2.75) is 12.8 Å². The Morgan fingerprint density at radius 1 is 1.19 bits per heavy atom. The summed E-state index contributed by atoms with van der Waals surface area (Å²) >= 11 is 0. The molecule has 0 aromatic heterocycles. The number of hydrogen-bond acceptors (Lipinski definition) is 2. The fourth-order valence-corrected chi connectivity index (χ4v) is 2.92. The van der Waals surface area contributed by atoms with Crippen LogP contribution in [-0.4, -0.2) is 37.6 Å². The molecule has 2 heterocycles. The molecule has 2 heteroatoms. The van der Waals surface area contributed by atoms with Crippen LogP contribution in [0.2, 0.25) is 0 Å². The molecule has 0 amide bonds. The lowest BCUT2D eigenvalue weighted by Crippen LogP contribution is -2.54. The predicted molar refractivity (Wildman–Crippen MR) is 66.5 cm³/mol. The molecule has 2 fully saturated rings. The SMILES string of the molecule is c1ccc(CCN2CCC3(CNC3)C2)cc1. The second kappa shape index (κ2) is 4.19. The van der Waals surface area contributed by atoms with E-state index in [1.54, 1.807) is 0 Å². The summed E-state index contributed by atoms with van der Waals surface area (Å²) in [6.07, 6.45) is 2.60. The highest BCUT2D eigenvalue weighted by Crippen LogP contribution is 2.33. The summed E-state index contributed by atoms with van der Waals surface area (Å²) < 4.78 is 0. The summed E-state index contributed by atoms with van der Waals surface area (Å²) in [7, 11) is 0. The molecule has 3 rings (SSSR count). The van der Waals surface area contributed by atoms with Crippen molar-refractivity contribution in [3.63, 3.8) is 0 Å². The van der Waals surface area contributed by atoms with Gasteiger partial charge in [0.25, 0.3) is 0 Å². The van der Waals surface area contributed by atoms with Crippen LogP contribution >= 0.6 is 0 Å². The molecule has 2 nitrogen and oxygen atoms in total. The van der Waals surface area contributed by atoms with Gasteiger partial charge in [0.15, 0.2) is 0 Å². The van der Waals surface area contributed by atoms with Crippen molar-refractivity contribution in [1.82, 2.24) is 10.2 Å². The molecule has 86 valence electrons. The first-order chi connectivity index (χ1) is 7.86. The van der Waals surface area contributed by atoms with E-state index in [0.717, 1.165) is 0 Å². The third-order valence-corrected chi connectivity index (χ3v) is 4.08. The van der Waals surface area contributed by atoms with E-state index in [9.17, 15) is 0 Å². The van der Waals surface area contributed by atoms with Crippen LogP contribution in [0, 0.1) is 5.41 Å². The molecule has 0 radical (unpaired) electrons. The maximum atomic E-state index is 3.41. The van der Waals surface area contributed by atoms with Crippen molar-refractivity contribution in [2.24, 2.45) is 5.41 Å². The van der Waals surface area contributed by atoms with Crippen LogP contribution in [0.25, 0.3) is 0 Å². The molecule has 0 bridgehead atoms. The number of rotatable bonds is 3. The van der Waals surface area contributed by atoms with E-state index in [-0.39, 0.29) is 0 Å². The summed E-state index contributed by atoms with van der Waals surface area (Å²) in [5.74, 6) is 0. The quantitative estimate of drug-likeness (QED) is 0.824. The molecule has 0 aliphatic carbocycles. The van der Waals surface area contributed by atoms with Gasteiger partial charge in [-0.1, -0.05) is 30.3 Å². The molecule has 2 aliphatic rings. The van der Waals surface area contributed by atoms with Gasteiger partial charge in [-0.2, -0.15) is 0 Å². The normalized spacial score (nSPS) is 23.5. The number of benzene rings is 1.